The summed E-state index contributed by atoms with van der Waals surface area (Å²) in [7, 11) is 0. The van der Waals surface area contributed by atoms with Gasteiger partial charge in [0.15, 0.2) is 0 Å². The van der Waals surface area contributed by atoms with Crippen LogP contribution in [0.5, 0.6) is 0 Å². The second-order valence-corrected chi connectivity index (χ2v) is 3.04. The van der Waals surface area contributed by atoms with Gasteiger partial charge >= 0.3 is 5.97 Å². The van der Waals surface area contributed by atoms with Crippen LogP contribution in [-0.2, 0) is 9.53 Å². The van der Waals surface area contributed by atoms with Crippen molar-refractivity contribution in [2.75, 3.05) is 13.2 Å². The van der Waals surface area contributed by atoms with E-state index in [0.29, 0.717) is 13.2 Å². The molecular weight excluding hydrogens is 146 g/mol. The normalized spacial score (nSPS) is 33.6. The summed E-state index contributed by atoms with van der Waals surface area (Å²) in [6, 6.07) is -0.771. The van der Waals surface area contributed by atoms with Crippen LogP contribution in [0.25, 0.3) is 0 Å². The van der Waals surface area contributed by atoms with Gasteiger partial charge in [0.05, 0.1) is 6.61 Å². The molecular formula is C7H13NO3. The smallest absolute Gasteiger partial charge is 0.320 e. The lowest BCUT2D eigenvalue weighted by Gasteiger charge is -2.16. The van der Waals surface area contributed by atoms with E-state index in [2.05, 4.69) is 0 Å². The average molecular weight is 159 g/mol. The van der Waals surface area contributed by atoms with Gasteiger partial charge in [-0.25, -0.2) is 0 Å². The van der Waals surface area contributed by atoms with Crippen LogP contribution in [-0.4, -0.2) is 30.3 Å². The molecule has 0 aromatic heterocycles. The van der Waals surface area contributed by atoms with Crippen LogP contribution in [0.4, 0.5) is 0 Å². The molecule has 1 aliphatic heterocycles. The first-order valence-electron chi connectivity index (χ1n) is 3.69. The van der Waals surface area contributed by atoms with E-state index < -0.39 is 12.0 Å². The molecule has 0 aromatic carbocycles. The largest absolute Gasteiger partial charge is 0.480 e. The summed E-state index contributed by atoms with van der Waals surface area (Å²) in [5, 5.41) is 8.58. The van der Waals surface area contributed by atoms with Crippen LogP contribution >= 0.6 is 0 Å². The minimum Gasteiger partial charge on any atom is -0.480 e. The molecule has 1 saturated heterocycles. The van der Waals surface area contributed by atoms with Crippen molar-refractivity contribution in [3.8, 4) is 0 Å². The number of hydrogen-bond acceptors (Lipinski definition) is 3. The van der Waals surface area contributed by atoms with E-state index in [4.69, 9.17) is 15.6 Å². The number of nitrogens with two attached hydrogens (primary N) is 1. The van der Waals surface area contributed by atoms with Gasteiger partial charge in [-0.05, 0) is 5.92 Å². The highest BCUT2D eigenvalue weighted by Crippen LogP contribution is 2.22. The maximum Gasteiger partial charge on any atom is 0.320 e. The predicted octanol–water partition coefficient (Wildman–Crippen LogP) is -0.319. The molecule has 1 heterocycles. The summed E-state index contributed by atoms with van der Waals surface area (Å²) in [6.45, 7) is 3.07. The molecule has 4 nitrogen and oxygen atoms in total. The standard InChI is InChI=1S/C7H13NO3/c1-4-2-11-3-5(4)6(8)7(9)10/h4-6H,2-3,8H2,1H3,(H,9,10). The van der Waals surface area contributed by atoms with E-state index in [1.807, 2.05) is 6.92 Å². The zero-order valence-electron chi connectivity index (χ0n) is 6.49. The van der Waals surface area contributed by atoms with Crippen molar-refractivity contribution in [3.63, 3.8) is 0 Å². The van der Waals surface area contributed by atoms with Crippen molar-refractivity contribution in [2.24, 2.45) is 17.6 Å². The van der Waals surface area contributed by atoms with E-state index in [0.717, 1.165) is 0 Å². The minimum atomic E-state index is -0.938. The van der Waals surface area contributed by atoms with Crippen molar-refractivity contribution in [1.29, 1.82) is 0 Å². The second kappa shape index (κ2) is 3.19. The summed E-state index contributed by atoms with van der Waals surface area (Å²) in [5.74, 6) is -0.694. The highest BCUT2D eigenvalue weighted by atomic mass is 16.5. The van der Waals surface area contributed by atoms with Gasteiger partial charge in [0.25, 0.3) is 0 Å². The summed E-state index contributed by atoms with van der Waals surface area (Å²) >= 11 is 0. The second-order valence-electron chi connectivity index (χ2n) is 3.04. The summed E-state index contributed by atoms with van der Waals surface area (Å²) in [5.41, 5.74) is 5.43. The van der Waals surface area contributed by atoms with Gasteiger partial charge in [0.1, 0.15) is 6.04 Å². The third-order valence-electron chi connectivity index (χ3n) is 2.17. The minimum absolute atomic E-state index is 0.0208. The van der Waals surface area contributed by atoms with Crippen molar-refractivity contribution in [3.05, 3.63) is 0 Å². The maximum atomic E-state index is 10.5. The molecule has 0 saturated carbocycles. The quantitative estimate of drug-likeness (QED) is 0.579. The Hall–Kier alpha value is -0.610. The fraction of sp³-hybridized carbons (Fsp3) is 0.857. The topological polar surface area (TPSA) is 72.5 Å². The molecule has 3 N–H and O–H groups in total. The first kappa shape index (κ1) is 8.49. The van der Waals surface area contributed by atoms with Crippen molar-refractivity contribution in [2.45, 2.75) is 13.0 Å². The van der Waals surface area contributed by atoms with Gasteiger partial charge in [-0.15, -0.1) is 0 Å². The number of carbonyl (C=O) groups is 1. The molecule has 1 fully saturated rings. The Bertz CT molecular complexity index is 160. The van der Waals surface area contributed by atoms with E-state index in [1.165, 1.54) is 0 Å². The van der Waals surface area contributed by atoms with Crippen LogP contribution in [0.3, 0.4) is 0 Å². The molecule has 3 unspecified atom stereocenters. The Labute approximate surface area is 65.3 Å². The third kappa shape index (κ3) is 1.70. The molecule has 0 aromatic rings. The molecule has 3 atom stereocenters. The summed E-state index contributed by atoms with van der Waals surface area (Å²) < 4.78 is 5.10. The number of hydrogen-bond donors (Lipinski definition) is 2. The van der Waals surface area contributed by atoms with Crippen LogP contribution in [0.2, 0.25) is 0 Å². The van der Waals surface area contributed by atoms with Crippen LogP contribution in [0, 0.1) is 11.8 Å². The van der Waals surface area contributed by atoms with Gasteiger partial charge in [0, 0.05) is 12.5 Å². The van der Waals surface area contributed by atoms with Crippen molar-refractivity contribution < 1.29 is 14.6 Å². The molecule has 1 aliphatic rings. The Kier molecular flexibility index (Phi) is 2.46. The molecule has 64 valence electrons. The predicted molar refractivity (Wildman–Crippen MR) is 39.1 cm³/mol. The maximum absolute atomic E-state index is 10.5. The number of ether oxygens (including phenoxy) is 1. The van der Waals surface area contributed by atoms with E-state index in [1.54, 1.807) is 0 Å². The van der Waals surface area contributed by atoms with Gasteiger partial charge in [-0.2, -0.15) is 0 Å². The van der Waals surface area contributed by atoms with Gasteiger partial charge in [0.2, 0.25) is 0 Å². The molecule has 0 amide bonds. The molecule has 0 radical (unpaired) electrons. The van der Waals surface area contributed by atoms with Crippen LogP contribution < -0.4 is 5.73 Å². The zero-order chi connectivity index (χ0) is 8.43. The SMILES string of the molecule is CC1COCC1C(N)C(=O)O. The molecule has 11 heavy (non-hydrogen) atoms. The number of carboxylic acids is 1. The lowest BCUT2D eigenvalue weighted by molar-refractivity contribution is -0.140. The number of aliphatic carboxylic acids is 1. The Morgan fingerprint density at radius 1 is 1.73 bits per heavy atom. The summed E-state index contributed by atoms with van der Waals surface area (Å²) in [6.07, 6.45) is 0. The number of rotatable bonds is 2. The lowest BCUT2D eigenvalue weighted by Crippen LogP contribution is -2.40. The fourth-order valence-corrected chi connectivity index (χ4v) is 1.32. The molecule has 0 spiro atoms. The lowest BCUT2D eigenvalue weighted by atomic mass is 9.91. The monoisotopic (exact) mass is 159 g/mol. The highest BCUT2D eigenvalue weighted by Gasteiger charge is 2.33. The van der Waals surface area contributed by atoms with Gasteiger partial charge in [-0.3, -0.25) is 4.79 Å². The van der Waals surface area contributed by atoms with E-state index in [9.17, 15) is 4.79 Å². The Balaban J connectivity index is 2.52. The highest BCUT2D eigenvalue weighted by molar-refractivity contribution is 5.73. The Morgan fingerprint density at radius 3 is 2.73 bits per heavy atom. The molecule has 1 rings (SSSR count). The third-order valence-corrected chi connectivity index (χ3v) is 2.17. The zero-order valence-corrected chi connectivity index (χ0v) is 6.49. The van der Waals surface area contributed by atoms with Crippen LogP contribution in [0.15, 0.2) is 0 Å². The van der Waals surface area contributed by atoms with Crippen LogP contribution in [0.1, 0.15) is 6.92 Å². The molecule has 0 aliphatic carbocycles. The fourth-order valence-electron chi connectivity index (χ4n) is 1.32. The Morgan fingerprint density at radius 2 is 2.36 bits per heavy atom. The van der Waals surface area contributed by atoms with Gasteiger partial charge < -0.3 is 15.6 Å². The van der Waals surface area contributed by atoms with Crippen molar-refractivity contribution in [1.82, 2.24) is 0 Å². The average Bonchev–Trinajstić information content (AvgIpc) is 2.33. The van der Waals surface area contributed by atoms with E-state index >= 15 is 0 Å². The van der Waals surface area contributed by atoms with Gasteiger partial charge in [-0.1, -0.05) is 6.92 Å². The first-order valence-corrected chi connectivity index (χ1v) is 3.69. The number of carboxylic acid groups (broad SMARTS) is 1. The molecule has 4 heteroatoms. The summed E-state index contributed by atoms with van der Waals surface area (Å²) in [4.78, 5) is 10.5. The molecule has 0 bridgehead atoms. The first-order chi connectivity index (χ1) is 5.13. The van der Waals surface area contributed by atoms with E-state index in [-0.39, 0.29) is 11.8 Å². The van der Waals surface area contributed by atoms with Crippen molar-refractivity contribution >= 4 is 5.97 Å².